The Morgan fingerprint density at radius 3 is 2.57 bits per heavy atom. The molecule has 4 heteroatoms. The number of benzene rings is 2. The van der Waals surface area contributed by atoms with Crippen molar-refractivity contribution in [2.75, 3.05) is 5.32 Å². The summed E-state index contributed by atoms with van der Waals surface area (Å²) in [7, 11) is 0. The zero-order valence-electron chi connectivity index (χ0n) is 12.6. The molecule has 0 unspecified atom stereocenters. The SMILES string of the molecule is C=CC(=O)Nc1cccc2c(=O)c(C)c(-c3ccccc3)oc12. The van der Waals surface area contributed by atoms with Crippen molar-refractivity contribution in [2.24, 2.45) is 0 Å². The highest BCUT2D eigenvalue weighted by atomic mass is 16.3. The highest BCUT2D eigenvalue weighted by molar-refractivity contribution is 6.04. The van der Waals surface area contributed by atoms with E-state index in [-0.39, 0.29) is 11.3 Å². The summed E-state index contributed by atoms with van der Waals surface area (Å²) < 4.78 is 5.99. The first-order valence-electron chi connectivity index (χ1n) is 7.17. The number of para-hydroxylation sites is 1. The molecule has 0 saturated heterocycles. The summed E-state index contributed by atoms with van der Waals surface area (Å²) in [5.41, 5.74) is 2.04. The molecule has 2 aromatic carbocycles. The van der Waals surface area contributed by atoms with E-state index < -0.39 is 0 Å². The minimum atomic E-state index is -0.359. The van der Waals surface area contributed by atoms with Crippen molar-refractivity contribution in [1.82, 2.24) is 0 Å². The Bertz CT molecular complexity index is 956. The predicted molar refractivity (Wildman–Crippen MR) is 91.5 cm³/mol. The van der Waals surface area contributed by atoms with Crippen LogP contribution in [0, 0.1) is 6.92 Å². The van der Waals surface area contributed by atoms with Gasteiger partial charge in [0.05, 0.1) is 11.1 Å². The second-order valence-electron chi connectivity index (χ2n) is 5.13. The van der Waals surface area contributed by atoms with Crippen LogP contribution < -0.4 is 10.7 Å². The fourth-order valence-corrected chi connectivity index (χ4v) is 2.46. The Morgan fingerprint density at radius 1 is 1.13 bits per heavy atom. The van der Waals surface area contributed by atoms with E-state index in [1.807, 2.05) is 30.3 Å². The fraction of sp³-hybridized carbons (Fsp3) is 0.0526. The molecule has 3 aromatic rings. The maximum absolute atomic E-state index is 12.6. The third kappa shape index (κ3) is 2.66. The van der Waals surface area contributed by atoms with Gasteiger partial charge < -0.3 is 9.73 Å². The van der Waals surface area contributed by atoms with Crippen LogP contribution in [-0.2, 0) is 4.79 Å². The number of rotatable bonds is 3. The van der Waals surface area contributed by atoms with Gasteiger partial charge in [0.2, 0.25) is 5.91 Å². The van der Waals surface area contributed by atoms with Crippen LogP contribution in [0.25, 0.3) is 22.3 Å². The highest BCUT2D eigenvalue weighted by Gasteiger charge is 2.15. The molecule has 0 radical (unpaired) electrons. The molecule has 0 spiro atoms. The predicted octanol–water partition coefficient (Wildman–Crippen LogP) is 3.89. The number of anilines is 1. The van der Waals surface area contributed by atoms with Crippen LogP contribution in [0.1, 0.15) is 5.56 Å². The van der Waals surface area contributed by atoms with Gasteiger partial charge in [-0.1, -0.05) is 43.0 Å². The van der Waals surface area contributed by atoms with E-state index in [2.05, 4.69) is 11.9 Å². The Kier molecular flexibility index (Phi) is 3.81. The van der Waals surface area contributed by atoms with Gasteiger partial charge in [-0.05, 0) is 25.1 Å². The molecular formula is C19H15NO3. The zero-order valence-corrected chi connectivity index (χ0v) is 12.6. The lowest BCUT2D eigenvalue weighted by atomic mass is 10.1. The van der Waals surface area contributed by atoms with Crippen LogP contribution in [0.15, 0.2) is 70.4 Å². The summed E-state index contributed by atoms with van der Waals surface area (Å²) in [4.78, 5) is 24.2. The highest BCUT2D eigenvalue weighted by Crippen LogP contribution is 2.29. The smallest absolute Gasteiger partial charge is 0.247 e. The van der Waals surface area contributed by atoms with E-state index in [9.17, 15) is 9.59 Å². The maximum atomic E-state index is 12.6. The topological polar surface area (TPSA) is 59.3 Å². The van der Waals surface area contributed by atoms with Crippen LogP contribution in [0.4, 0.5) is 5.69 Å². The van der Waals surface area contributed by atoms with Crippen LogP contribution in [0.5, 0.6) is 0 Å². The fourth-order valence-electron chi connectivity index (χ4n) is 2.46. The van der Waals surface area contributed by atoms with Gasteiger partial charge in [-0.25, -0.2) is 0 Å². The normalized spacial score (nSPS) is 10.5. The number of fused-ring (bicyclic) bond motifs is 1. The molecule has 3 rings (SSSR count). The van der Waals surface area contributed by atoms with E-state index in [0.717, 1.165) is 5.56 Å². The third-order valence-corrected chi connectivity index (χ3v) is 3.62. The van der Waals surface area contributed by atoms with Gasteiger partial charge in [0.15, 0.2) is 11.0 Å². The molecule has 1 heterocycles. The van der Waals surface area contributed by atoms with Crippen LogP contribution >= 0.6 is 0 Å². The lowest BCUT2D eigenvalue weighted by Crippen LogP contribution is -2.11. The second kappa shape index (κ2) is 5.93. The number of hydrogen-bond donors (Lipinski definition) is 1. The number of hydrogen-bond acceptors (Lipinski definition) is 3. The second-order valence-corrected chi connectivity index (χ2v) is 5.13. The van der Waals surface area contributed by atoms with Gasteiger partial charge >= 0.3 is 0 Å². The molecule has 0 atom stereocenters. The lowest BCUT2D eigenvalue weighted by Gasteiger charge is -2.10. The first kappa shape index (κ1) is 14.8. The third-order valence-electron chi connectivity index (χ3n) is 3.62. The van der Waals surface area contributed by atoms with E-state index in [1.54, 1.807) is 25.1 Å². The summed E-state index contributed by atoms with van der Waals surface area (Å²) in [5, 5.41) is 3.10. The van der Waals surface area contributed by atoms with Crippen molar-refractivity contribution < 1.29 is 9.21 Å². The van der Waals surface area contributed by atoms with Crippen LogP contribution in [-0.4, -0.2) is 5.91 Å². The van der Waals surface area contributed by atoms with E-state index in [0.29, 0.717) is 28.0 Å². The first-order chi connectivity index (χ1) is 11.1. The molecule has 4 nitrogen and oxygen atoms in total. The van der Waals surface area contributed by atoms with Crippen molar-refractivity contribution in [3.63, 3.8) is 0 Å². The summed E-state index contributed by atoms with van der Waals surface area (Å²) in [5.74, 6) is 0.144. The summed E-state index contributed by atoms with van der Waals surface area (Å²) in [6, 6.07) is 14.5. The minimum absolute atomic E-state index is 0.111. The van der Waals surface area contributed by atoms with E-state index in [1.165, 1.54) is 6.08 Å². The first-order valence-corrected chi connectivity index (χ1v) is 7.17. The standard InChI is InChI=1S/C19H15NO3/c1-3-16(21)20-15-11-7-10-14-17(22)12(2)18(23-19(14)15)13-8-5-4-6-9-13/h3-11H,1H2,2H3,(H,20,21). The number of carbonyl (C=O) groups excluding carboxylic acids is 1. The minimum Gasteiger partial charge on any atom is -0.453 e. The molecule has 1 amide bonds. The van der Waals surface area contributed by atoms with Crippen molar-refractivity contribution in [1.29, 1.82) is 0 Å². The number of amides is 1. The zero-order chi connectivity index (χ0) is 16.4. The monoisotopic (exact) mass is 305 g/mol. The van der Waals surface area contributed by atoms with Crippen LogP contribution in [0.3, 0.4) is 0 Å². The van der Waals surface area contributed by atoms with Crippen molar-refractivity contribution in [2.45, 2.75) is 6.92 Å². The van der Waals surface area contributed by atoms with E-state index in [4.69, 9.17) is 4.42 Å². The Morgan fingerprint density at radius 2 is 1.87 bits per heavy atom. The maximum Gasteiger partial charge on any atom is 0.247 e. The molecule has 0 saturated carbocycles. The largest absolute Gasteiger partial charge is 0.453 e. The molecular weight excluding hydrogens is 290 g/mol. The average molecular weight is 305 g/mol. The molecule has 0 fully saturated rings. The van der Waals surface area contributed by atoms with Gasteiger partial charge in [-0.2, -0.15) is 0 Å². The number of nitrogens with one attached hydrogen (secondary N) is 1. The van der Waals surface area contributed by atoms with Gasteiger partial charge in [0.25, 0.3) is 0 Å². The summed E-state index contributed by atoms with van der Waals surface area (Å²) in [6.45, 7) is 5.17. The average Bonchev–Trinajstić information content (AvgIpc) is 2.59. The molecule has 0 aliphatic heterocycles. The van der Waals surface area contributed by atoms with Gasteiger partial charge in [-0.3, -0.25) is 9.59 Å². The van der Waals surface area contributed by atoms with Crippen molar-refractivity contribution in [3.8, 4) is 11.3 Å². The quantitative estimate of drug-likeness (QED) is 0.747. The number of carbonyl (C=O) groups is 1. The van der Waals surface area contributed by atoms with Crippen molar-refractivity contribution >= 4 is 22.6 Å². The van der Waals surface area contributed by atoms with E-state index >= 15 is 0 Å². The Hall–Kier alpha value is -3.14. The molecule has 0 bridgehead atoms. The molecule has 0 aliphatic rings. The molecule has 1 aromatic heterocycles. The molecule has 114 valence electrons. The summed E-state index contributed by atoms with van der Waals surface area (Å²) in [6.07, 6.45) is 1.17. The molecule has 0 aliphatic carbocycles. The van der Waals surface area contributed by atoms with Crippen molar-refractivity contribution in [3.05, 3.63) is 77.0 Å². The Labute approximate surface area is 133 Å². The Balaban J connectivity index is 2.30. The van der Waals surface area contributed by atoms with Crippen LogP contribution in [0.2, 0.25) is 0 Å². The molecule has 1 N–H and O–H groups in total. The van der Waals surface area contributed by atoms with Gasteiger partial charge in [-0.15, -0.1) is 0 Å². The van der Waals surface area contributed by atoms with Gasteiger partial charge in [0.1, 0.15) is 5.76 Å². The lowest BCUT2D eigenvalue weighted by molar-refractivity contribution is -0.111. The van der Waals surface area contributed by atoms with Gasteiger partial charge in [0, 0.05) is 11.1 Å². The summed E-state index contributed by atoms with van der Waals surface area (Å²) >= 11 is 0. The molecule has 23 heavy (non-hydrogen) atoms.